The number of amides is 1. The number of hydrogen-bond acceptors (Lipinski definition) is 5. The third kappa shape index (κ3) is 3.27. The number of thioether (sulfide) groups is 1. The molecule has 2 rings (SSSR count). The molecule has 1 amide bonds. The largest absolute Gasteiger partial charge is 0.479 e. The van der Waals surface area contributed by atoms with Crippen molar-refractivity contribution in [2.24, 2.45) is 0 Å². The lowest BCUT2D eigenvalue weighted by Gasteiger charge is -2.40. The number of nitrogens with zero attached hydrogens (tertiary/aromatic N) is 3. The van der Waals surface area contributed by atoms with Gasteiger partial charge in [-0.05, 0) is 31.3 Å². The maximum atomic E-state index is 12.2. The Bertz CT molecular complexity index is 512. The number of rotatable bonds is 6. The van der Waals surface area contributed by atoms with Crippen molar-refractivity contribution in [2.75, 3.05) is 25.1 Å². The summed E-state index contributed by atoms with van der Waals surface area (Å²) in [4.78, 5) is 29.4. The van der Waals surface area contributed by atoms with E-state index in [1.54, 1.807) is 33.6 Å². The number of aliphatic carboxylic acids is 1. The highest BCUT2D eigenvalue weighted by Gasteiger charge is 2.44. The van der Waals surface area contributed by atoms with Gasteiger partial charge in [-0.1, -0.05) is 0 Å². The molecule has 2 N–H and O–H groups in total. The van der Waals surface area contributed by atoms with Gasteiger partial charge in [-0.2, -0.15) is 11.8 Å². The summed E-state index contributed by atoms with van der Waals surface area (Å²) in [6.45, 7) is 0.638. The quantitative estimate of drug-likeness (QED) is 0.785. The molecule has 22 heavy (non-hydrogen) atoms. The van der Waals surface area contributed by atoms with Gasteiger partial charge in [0.15, 0.2) is 0 Å². The molecule has 1 unspecified atom stereocenters. The first-order valence-electron chi connectivity index (χ1n) is 7.19. The number of likely N-dealkylation sites (tertiary alicyclic amines) is 1. The fourth-order valence-electron chi connectivity index (χ4n) is 2.76. The van der Waals surface area contributed by atoms with Crippen LogP contribution in [-0.4, -0.2) is 67.7 Å². The first-order chi connectivity index (χ1) is 10.5. The van der Waals surface area contributed by atoms with Crippen LogP contribution in [-0.2, 0) is 15.1 Å². The third-order valence-electron chi connectivity index (χ3n) is 4.18. The summed E-state index contributed by atoms with van der Waals surface area (Å²) < 4.78 is 1.60. The molecule has 1 aromatic rings. The Morgan fingerprint density at radius 1 is 1.41 bits per heavy atom. The number of carboxylic acid groups (broad SMARTS) is 1. The molecular weight excluding hydrogens is 306 g/mol. The lowest BCUT2D eigenvalue weighted by atomic mass is 9.87. The molecular formula is C14H21N3O4S. The second kappa shape index (κ2) is 7.15. The van der Waals surface area contributed by atoms with Crippen molar-refractivity contribution >= 4 is 23.6 Å². The van der Waals surface area contributed by atoms with E-state index in [9.17, 15) is 19.8 Å². The lowest BCUT2D eigenvalue weighted by Crippen LogP contribution is -2.53. The Hall–Kier alpha value is -1.54. The van der Waals surface area contributed by atoms with Gasteiger partial charge >= 0.3 is 5.97 Å². The van der Waals surface area contributed by atoms with Crippen molar-refractivity contribution in [1.29, 1.82) is 0 Å². The zero-order valence-corrected chi connectivity index (χ0v) is 13.3. The van der Waals surface area contributed by atoms with E-state index < -0.39 is 17.6 Å². The summed E-state index contributed by atoms with van der Waals surface area (Å²) in [6.07, 6.45) is 6.64. The minimum absolute atomic E-state index is 0.305. The molecule has 0 aromatic carbocycles. The normalized spacial score (nSPS) is 18.9. The summed E-state index contributed by atoms with van der Waals surface area (Å²) >= 11 is 1.58. The maximum absolute atomic E-state index is 12.2. The molecule has 1 saturated heterocycles. The highest BCUT2D eigenvalue weighted by molar-refractivity contribution is 7.98. The molecule has 0 saturated carbocycles. The number of piperidine rings is 1. The Morgan fingerprint density at radius 3 is 2.59 bits per heavy atom. The van der Waals surface area contributed by atoms with Crippen LogP contribution in [0.2, 0.25) is 0 Å². The Morgan fingerprint density at radius 2 is 2.09 bits per heavy atom. The van der Waals surface area contributed by atoms with Crippen LogP contribution in [0.5, 0.6) is 0 Å². The van der Waals surface area contributed by atoms with Gasteiger partial charge in [-0.25, -0.2) is 9.78 Å². The van der Waals surface area contributed by atoms with Gasteiger partial charge < -0.3 is 19.7 Å². The number of carbonyl (C=O) groups excluding carboxylic acids is 1. The maximum Gasteiger partial charge on any atom is 0.330 e. The molecule has 1 atom stereocenters. The predicted octanol–water partition coefficient (Wildman–Crippen LogP) is 0.399. The van der Waals surface area contributed by atoms with E-state index in [0.717, 1.165) is 5.75 Å². The molecule has 7 nitrogen and oxygen atoms in total. The fraction of sp³-hybridized carbons (Fsp3) is 0.643. The first-order valence-corrected chi connectivity index (χ1v) is 8.58. The standard InChI is InChI=1S/C14H21N3O4S/c1-22-9-2-11(18)12(19)16-6-3-14(4-7-16,13(20)21)17-8-5-15-10-17/h5,8,10-11,18H,2-4,6-7,9H2,1H3,(H,20,21). The Labute approximate surface area is 133 Å². The van der Waals surface area contributed by atoms with Crippen LogP contribution in [0.3, 0.4) is 0 Å². The van der Waals surface area contributed by atoms with Gasteiger partial charge in [-0.3, -0.25) is 4.79 Å². The van der Waals surface area contributed by atoms with Crippen LogP contribution in [0.15, 0.2) is 18.7 Å². The molecule has 0 bridgehead atoms. The van der Waals surface area contributed by atoms with Crippen LogP contribution in [0.4, 0.5) is 0 Å². The first kappa shape index (κ1) is 16.8. The van der Waals surface area contributed by atoms with E-state index in [-0.39, 0.29) is 5.91 Å². The van der Waals surface area contributed by atoms with E-state index in [0.29, 0.717) is 32.4 Å². The van der Waals surface area contributed by atoms with Crippen LogP contribution in [0, 0.1) is 0 Å². The lowest BCUT2D eigenvalue weighted by molar-refractivity contribution is -0.154. The average molecular weight is 327 g/mol. The zero-order chi connectivity index (χ0) is 16.2. The van der Waals surface area contributed by atoms with E-state index in [1.165, 1.54) is 6.33 Å². The number of aliphatic hydroxyl groups is 1. The number of carboxylic acids is 1. The second-order valence-electron chi connectivity index (χ2n) is 5.43. The summed E-state index contributed by atoms with van der Waals surface area (Å²) in [7, 11) is 0. The van der Waals surface area contributed by atoms with E-state index in [1.807, 2.05) is 6.26 Å². The molecule has 1 fully saturated rings. The van der Waals surface area contributed by atoms with Crippen molar-refractivity contribution in [1.82, 2.24) is 14.5 Å². The van der Waals surface area contributed by atoms with Crippen LogP contribution < -0.4 is 0 Å². The fourth-order valence-corrected chi connectivity index (χ4v) is 3.21. The zero-order valence-electron chi connectivity index (χ0n) is 12.5. The number of aromatic nitrogens is 2. The number of hydrogen-bond donors (Lipinski definition) is 2. The summed E-state index contributed by atoms with van der Waals surface area (Å²) in [6, 6.07) is 0. The number of carbonyl (C=O) groups is 2. The van der Waals surface area contributed by atoms with Gasteiger partial charge in [0.1, 0.15) is 11.6 Å². The molecule has 1 aliphatic rings. The predicted molar refractivity (Wildman–Crippen MR) is 82.7 cm³/mol. The molecule has 122 valence electrons. The van der Waals surface area contributed by atoms with Gasteiger partial charge in [0, 0.05) is 25.5 Å². The van der Waals surface area contributed by atoms with Crippen molar-refractivity contribution < 1.29 is 19.8 Å². The smallest absolute Gasteiger partial charge is 0.330 e. The van der Waals surface area contributed by atoms with Gasteiger partial charge in [0.05, 0.1) is 6.33 Å². The molecule has 0 radical (unpaired) electrons. The Balaban J connectivity index is 2.02. The molecule has 1 aliphatic heterocycles. The molecule has 2 heterocycles. The van der Waals surface area contributed by atoms with Crippen LogP contribution in [0.25, 0.3) is 0 Å². The monoisotopic (exact) mass is 327 g/mol. The van der Waals surface area contributed by atoms with Gasteiger partial charge in [0.25, 0.3) is 5.91 Å². The molecule has 0 spiro atoms. The summed E-state index contributed by atoms with van der Waals surface area (Å²) in [5.41, 5.74) is -1.06. The highest BCUT2D eigenvalue weighted by atomic mass is 32.2. The minimum atomic E-state index is -1.06. The number of imidazole rings is 1. The molecule has 8 heteroatoms. The Kier molecular flexibility index (Phi) is 5.47. The number of aliphatic hydroxyl groups excluding tert-OH is 1. The van der Waals surface area contributed by atoms with Gasteiger partial charge in [0.2, 0.25) is 0 Å². The van der Waals surface area contributed by atoms with Crippen molar-refractivity contribution in [3.63, 3.8) is 0 Å². The topological polar surface area (TPSA) is 95.7 Å². The highest BCUT2D eigenvalue weighted by Crippen LogP contribution is 2.31. The van der Waals surface area contributed by atoms with E-state index >= 15 is 0 Å². The SMILES string of the molecule is CSCCC(O)C(=O)N1CCC(C(=O)O)(n2ccnc2)CC1. The van der Waals surface area contributed by atoms with Crippen LogP contribution >= 0.6 is 11.8 Å². The average Bonchev–Trinajstić information content (AvgIpc) is 3.06. The van der Waals surface area contributed by atoms with Crippen molar-refractivity contribution in [3.05, 3.63) is 18.7 Å². The molecule has 0 aliphatic carbocycles. The minimum Gasteiger partial charge on any atom is -0.479 e. The van der Waals surface area contributed by atoms with E-state index in [2.05, 4.69) is 4.98 Å². The summed E-state index contributed by atoms with van der Waals surface area (Å²) in [5, 5.41) is 19.5. The van der Waals surface area contributed by atoms with Crippen LogP contribution in [0.1, 0.15) is 19.3 Å². The summed E-state index contributed by atoms with van der Waals surface area (Å²) in [5.74, 6) is -0.506. The van der Waals surface area contributed by atoms with Gasteiger partial charge in [-0.15, -0.1) is 0 Å². The van der Waals surface area contributed by atoms with Crippen molar-refractivity contribution in [2.45, 2.75) is 30.9 Å². The third-order valence-corrected chi connectivity index (χ3v) is 4.82. The van der Waals surface area contributed by atoms with E-state index in [4.69, 9.17) is 0 Å². The molecule has 1 aromatic heterocycles. The van der Waals surface area contributed by atoms with Crippen molar-refractivity contribution in [3.8, 4) is 0 Å². The second-order valence-corrected chi connectivity index (χ2v) is 6.41.